The fourth-order valence-corrected chi connectivity index (χ4v) is 2.60. The van der Waals surface area contributed by atoms with E-state index in [0.29, 0.717) is 6.42 Å². The lowest BCUT2D eigenvalue weighted by Crippen LogP contribution is -2.58. The van der Waals surface area contributed by atoms with E-state index in [4.69, 9.17) is 16.6 Å². The summed E-state index contributed by atoms with van der Waals surface area (Å²) in [7, 11) is 0. The van der Waals surface area contributed by atoms with Crippen LogP contribution in [-0.4, -0.2) is 69.9 Å². The molecule has 0 aromatic heterocycles. The molecule has 0 aliphatic rings. The van der Waals surface area contributed by atoms with Crippen molar-refractivity contribution in [1.29, 1.82) is 0 Å². The van der Waals surface area contributed by atoms with Gasteiger partial charge >= 0.3 is 11.9 Å². The molecular weight excluding hydrogens is 426 g/mol. The molecule has 0 aliphatic heterocycles. The molecule has 13 nitrogen and oxygen atoms in total. The number of carboxylic acid groups (broad SMARTS) is 2. The maximum absolute atomic E-state index is 12.8. The standard InChI is InChI=1S/C19H33N5O8/c1-4-9(2)15(24-16(28)10(3)20)18(30)22-11(6-8-14(26)27)17(29)23-12(19(31)32)5-7-13(21)25/h9-12,15H,4-8,20H2,1-3H3,(H2,21,25)(H,22,30)(H,23,29)(H,24,28)(H,26,27)(H,31,32). The van der Waals surface area contributed by atoms with Gasteiger partial charge in [-0.05, 0) is 25.7 Å². The number of carbonyl (C=O) groups is 6. The van der Waals surface area contributed by atoms with Gasteiger partial charge in [-0.2, -0.15) is 0 Å². The lowest BCUT2D eigenvalue weighted by atomic mass is 9.97. The Kier molecular flexibility index (Phi) is 12.6. The van der Waals surface area contributed by atoms with Gasteiger partial charge < -0.3 is 37.6 Å². The zero-order chi connectivity index (χ0) is 25.0. The summed E-state index contributed by atoms with van der Waals surface area (Å²) in [5.41, 5.74) is 10.5. The molecule has 5 atom stereocenters. The topological polar surface area (TPSA) is 231 Å². The molecule has 182 valence electrons. The van der Waals surface area contributed by atoms with Crippen molar-refractivity contribution < 1.29 is 39.0 Å². The predicted molar refractivity (Wildman–Crippen MR) is 112 cm³/mol. The van der Waals surface area contributed by atoms with Crippen LogP contribution in [0, 0.1) is 5.92 Å². The quantitative estimate of drug-likeness (QED) is 0.144. The van der Waals surface area contributed by atoms with Gasteiger partial charge in [-0.25, -0.2) is 4.79 Å². The Morgan fingerprint density at radius 2 is 1.34 bits per heavy atom. The lowest BCUT2D eigenvalue weighted by molar-refractivity contribution is -0.143. The number of carbonyl (C=O) groups excluding carboxylic acids is 4. The Labute approximate surface area is 185 Å². The minimum atomic E-state index is -1.47. The maximum Gasteiger partial charge on any atom is 0.326 e. The fraction of sp³-hybridized carbons (Fsp3) is 0.684. The van der Waals surface area contributed by atoms with E-state index in [2.05, 4.69) is 16.0 Å². The summed E-state index contributed by atoms with van der Waals surface area (Å²) in [6.45, 7) is 4.91. The lowest BCUT2D eigenvalue weighted by Gasteiger charge is -2.27. The zero-order valence-electron chi connectivity index (χ0n) is 18.4. The van der Waals surface area contributed by atoms with Gasteiger partial charge in [-0.15, -0.1) is 0 Å². The SMILES string of the molecule is CCC(C)C(NC(=O)C(C)N)C(=O)NC(CCC(=O)O)C(=O)NC(CCC(N)=O)C(=O)O. The highest BCUT2D eigenvalue weighted by Gasteiger charge is 2.32. The van der Waals surface area contributed by atoms with E-state index in [9.17, 15) is 33.9 Å². The number of hydrogen-bond donors (Lipinski definition) is 7. The first-order valence-corrected chi connectivity index (χ1v) is 10.2. The van der Waals surface area contributed by atoms with Crippen molar-refractivity contribution in [2.24, 2.45) is 17.4 Å². The highest BCUT2D eigenvalue weighted by atomic mass is 16.4. The molecule has 0 aromatic rings. The Balaban J connectivity index is 5.55. The van der Waals surface area contributed by atoms with E-state index in [-0.39, 0.29) is 25.2 Å². The van der Waals surface area contributed by atoms with Crippen LogP contribution in [0.25, 0.3) is 0 Å². The van der Waals surface area contributed by atoms with Crippen molar-refractivity contribution in [3.8, 4) is 0 Å². The number of amides is 4. The zero-order valence-corrected chi connectivity index (χ0v) is 18.4. The van der Waals surface area contributed by atoms with Gasteiger partial charge in [-0.1, -0.05) is 20.3 Å². The van der Waals surface area contributed by atoms with E-state index in [1.54, 1.807) is 13.8 Å². The minimum absolute atomic E-state index is 0.282. The van der Waals surface area contributed by atoms with Crippen molar-refractivity contribution in [1.82, 2.24) is 16.0 Å². The summed E-state index contributed by atoms with van der Waals surface area (Å²) in [6.07, 6.45) is -0.905. The van der Waals surface area contributed by atoms with Crippen LogP contribution in [0.15, 0.2) is 0 Å². The van der Waals surface area contributed by atoms with Crippen LogP contribution >= 0.6 is 0 Å². The van der Waals surface area contributed by atoms with Crippen molar-refractivity contribution in [2.75, 3.05) is 0 Å². The normalized spacial score (nSPS) is 15.4. The molecule has 0 heterocycles. The van der Waals surface area contributed by atoms with Crippen LogP contribution in [0.5, 0.6) is 0 Å². The monoisotopic (exact) mass is 459 g/mol. The molecule has 5 unspecified atom stereocenters. The van der Waals surface area contributed by atoms with Crippen molar-refractivity contribution in [3.63, 3.8) is 0 Å². The summed E-state index contributed by atoms with van der Waals surface area (Å²) in [6, 6.07) is -4.80. The molecule has 0 aliphatic carbocycles. The average molecular weight is 460 g/mol. The first kappa shape index (κ1) is 28.8. The Morgan fingerprint density at radius 3 is 1.78 bits per heavy atom. The van der Waals surface area contributed by atoms with Gasteiger partial charge in [0.1, 0.15) is 18.1 Å². The Bertz CT molecular complexity index is 712. The van der Waals surface area contributed by atoms with Gasteiger partial charge in [0.05, 0.1) is 6.04 Å². The van der Waals surface area contributed by atoms with E-state index in [0.717, 1.165) is 0 Å². The summed E-state index contributed by atoms with van der Waals surface area (Å²) < 4.78 is 0. The number of primary amides is 1. The molecule has 32 heavy (non-hydrogen) atoms. The van der Waals surface area contributed by atoms with Crippen molar-refractivity contribution >= 4 is 35.6 Å². The number of aliphatic carboxylic acids is 2. The number of rotatable bonds is 15. The van der Waals surface area contributed by atoms with Gasteiger partial charge in [0, 0.05) is 12.8 Å². The van der Waals surface area contributed by atoms with Crippen LogP contribution in [0.3, 0.4) is 0 Å². The third kappa shape index (κ3) is 10.7. The van der Waals surface area contributed by atoms with Crippen LogP contribution < -0.4 is 27.4 Å². The average Bonchev–Trinajstić information content (AvgIpc) is 2.70. The van der Waals surface area contributed by atoms with E-state index in [1.165, 1.54) is 6.92 Å². The summed E-state index contributed by atoms with van der Waals surface area (Å²) in [5.74, 6) is -6.05. The third-order valence-corrected chi connectivity index (χ3v) is 4.78. The van der Waals surface area contributed by atoms with Crippen molar-refractivity contribution in [3.05, 3.63) is 0 Å². The number of nitrogens with one attached hydrogen (secondary N) is 3. The molecule has 0 bridgehead atoms. The van der Waals surface area contributed by atoms with Gasteiger partial charge in [0.2, 0.25) is 23.6 Å². The summed E-state index contributed by atoms with van der Waals surface area (Å²) in [4.78, 5) is 70.7. The second kappa shape index (κ2) is 14.0. The molecule has 13 heteroatoms. The van der Waals surface area contributed by atoms with Crippen LogP contribution in [0.1, 0.15) is 52.9 Å². The third-order valence-electron chi connectivity index (χ3n) is 4.78. The smallest absolute Gasteiger partial charge is 0.326 e. The van der Waals surface area contributed by atoms with Crippen LogP contribution in [0.2, 0.25) is 0 Å². The Morgan fingerprint density at radius 1 is 0.812 bits per heavy atom. The Hall–Kier alpha value is -3.22. The van der Waals surface area contributed by atoms with Crippen molar-refractivity contribution in [2.45, 2.75) is 77.0 Å². The van der Waals surface area contributed by atoms with E-state index >= 15 is 0 Å². The number of nitrogens with two attached hydrogens (primary N) is 2. The van der Waals surface area contributed by atoms with Gasteiger partial charge in [0.15, 0.2) is 0 Å². The van der Waals surface area contributed by atoms with Crippen LogP contribution in [-0.2, 0) is 28.8 Å². The molecule has 9 N–H and O–H groups in total. The maximum atomic E-state index is 12.8. The molecule has 0 saturated heterocycles. The first-order valence-electron chi connectivity index (χ1n) is 10.2. The molecule has 0 radical (unpaired) electrons. The minimum Gasteiger partial charge on any atom is -0.481 e. The van der Waals surface area contributed by atoms with E-state index in [1.807, 2.05) is 0 Å². The van der Waals surface area contributed by atoms with Gasteiger partial charge in [-0.3, -0.25) is 24.0 Å². The molecule has 0 spiro atoms. The molecule has 4 amide bonds. The van der Waals surface area contributed by atoms with Gasteiger partial charge in [0.25, 0.3) is 0 Å². The highest BCUT2D eigenvalue weighted by Crippen LogP contribution is 2.10. The van der Waals surface area contributed by atoms with Crippen LogP contribution in [0.4, 0.5) is 0 Å². The molecule has 0 rings (SSSR count). The summed E-state index contributed by atoms with van der Waals surface area (Å²) >= 11 is 0. The summed E-state index contributed by atoms with van der Waals surface area (Å²) in [5, 5.41) is 25.3. The second-order valence-corrected chi connectivity index (χ2v) is 7.56. The molecule has 0 aromatic carbocycles. The fourth-order valence-electron chi connectivity index (χ4n) is 2.60. The molecule has 0 fully saturated rings. The van der Waals surface area contributed by atoms with E-state index < -0.39 is 66.2 Å². The number of hydrogen-bond acceptors (Lipinski definition) is 7. The highest BCUT2D eigenvalue weighted by molar-refractivity contribution is 5.94. The first-order chi connectivity index (χ1) is 14.8. The molecule has 0 saturated carbocycles. The largest absolute Gasteiger partial charge is 0.481 e. The second-order valence-electron chi connectivity index (χ2n) is 7.56. The predicted octanol–water partition coefficient (Wildman–Crippen LogP) is -1.95. The molecular formula is C19H33N5O8. The number of carboxylic acids is 2.